The van der Waals surface area contributed by atoms with Crippen LogP contribution in [0.3, 0.4) is 0 Å². The Hall–Kier alpha value is 0.730. The van der Waals surface area contributed by atoms with Crippen molar-refractivity contribution in [3.8, 4) is 0 Å². The van der Waals surface area contributed by atoms with E-state index in [-0.39, 0.29) is 20.9 Å². The molecule has 124 valence electrons. The van der Waals surface area contributed by atoms with Crippen LogP contribution in [-0.4, -0.2) is 32.0 Å². The minimum atomic E-state index is -0.645. The van der Waals surface area contributed by atoms with Crippen LogP contribution in [0.4, 0.5) is 0 Å². The van der Waals surface area contributed by atoms with E-state index in [1.165, 1.54) is 66.7 Å². The maximum atomic E-state index is 10.4. The van der Waals surface area contributed by atoms with E-state index in [1.54, 1.807) is 0 Å². The average Bonchev–Trinajstić information content (AvgIpc) is 2.46. The predicted octanol–water partition coefficient (Wildman–Crippen LogP) is 6.24. The van der Waals surface area contributed by atoms with Crippen molar-refractivity contribution in [1.29, 1.82) is 0 Å². The molecule has 0 heterocycles. The first-order valence-corrected chi connectivity index (χ1v) is 12.9. The molecule has 0 fully saturated rings. The molecule has 4 heteroatoms. The molecule has 0 atom stereocenters. The van der Waals surface area contributed by atoms with Gasteiger partial charge in [0.1, 0.15) is 0 Å². The summed E-state index contributed by atoms with van der Waals surface area (Å²) < 4.78 is 5.02. The van der Waals surface area contributed by atoms with Crippen LogP contribution in [0.15, 0.2) is 10.2 Å². The van der Waals surface area contributed by atoms with Crippen LogP contribution < -0.4 is 0 Å². The van der Waals surface area contributed by atoms with Gasteiger partial charge < -0.3 is 0 Å². The maximum absolute atomic E-state index is 10.4. The third-order valence-corrected chi connectivity index (χ3v) is 7.23. The number of carboxylic acid groups (broad SMARTS) is 1. The normalized spacial score (nSPS) is 11.3. The number of aliphatic carboxylic acids is 1. The van der Waals surface area contributed by atoms with E-state index >= 15 is 0 Å². The Kier molecular flexibility index (Phi) is 19.4. The summed E-state index contributed by atoms with van der Waals surface area (Å²) in [5, 5.41) is 8.53. The molecule has 2 nitrogen and oxygen atoms in total. The molecule has 21 heavy (non-hydrogen) atoms. The Morgan fingerprint density at radius 3 is 1.95 bits per heavy atom. The molecule has 0 saturated carbocycles. The third-order valence-electron chi connectivity index (χ3n) is 3.43. The summed E-state index contributed by atoms with van der Waals surface area (Å²) in [4.78, 5) is 10.4. The summed E-state index contributed by atoms with van der Waals surface area (Å²) in [6.07, 6.45) is 17.0. The van der Waals surface area contributed by atoms with Gasteiger partial charge in [0, 0.05) is 0 Å². The molecule has 0 aliphatic rings. The average molecular weight is 522 g/mol. The summed E-state index contributed by atoms with van der Waals surface area (Å²) in [7, 11) is 0. The van der Waals surface area contributed by atoms with Crippen LogP contribution in [0.2, 0.25) is 8.94 Å². The molecule has 0 amide bonds. The molecule has 0 aliphatic heterocycles. The summed E-state index contributed by atoms with van der Waals surface area (Å²) in [5.74, 6) is -0.645. The molecule has 0 aliphatic carbocycles. The van der Waals surface area contributed by atoms with Crippen LogP contribution in [0.25, 0.3) is 0 Å². The molecule has 0 bridgehead atoms. The Morgan fingerprint density at radius 1 is 0.857 bits per heavy atom. The second-order valence-corrected chi connectivity index (χ2v) is 9.66. The number of hydrogen-bond donors (Lipinski definition) is 1. The Bertz CT molecular complexity index is 257. The van der Waals surface area contributed by atoms with Gasteiger partial charge in [-0.05, 0) is 0 Å². The first-order chi connectivity index (χ1) is 10.3. The predicted molar refractivity (Wildman–Crippen MR) is 102 cm³/mol. The van der Waals surface area contributed by atoms with Gasteiger partial charge in [0.05, 0.1) is 0 Å². The van der Waals surface area contributed by atoms with Gasteiger partial charge >= 0.3 is 156 Å². The zero-order chi connectivity index (χ0) is 15.6. The van der Waals surface area contributed by atoms with Crippen LogP contribution in [0.1, 0.15) is 77.0 Å². The van der Waals surface area contributed by atoms with Gasteiger partial charge in [0.15, 0.2) is 0 Å². The van der Waals surface area contributed by atoms with E-state index in [0.29, 0.717) is 6.42 Å². The fraction of sp³-hybridized carbons (Fsp3) is 0.824. The topological polar surface area (TPSA) is 37.3 Å². The van der Waals surface area contributed by atoms with E-state index in [2.05, 4.69) is 32.7 Å². The van der Waals surface area contributed by atoms with E-state index in [0.717, 1.165) is 12.8 Å². The monoisotopic (exact) mass is 524 g/mol. The zero-order valence-corrected chi connectivity index (χ0v) is 17.7. The van der Waals surface area contributed by atoms with Crippen molar-refractivity contribution in [1.82, 2.24) is 0 Å². The molecular formula is C17H31IO2Te. The second-order valence-electron chi connectivity index (χ2n) is 5.44. The summed E-state index contributed by atoms with van der Waals surface area (Å²) in [6.45, 7) is 0. The van der Waals surface area contributed by atoms with E-state index in [1.807, 2.05) is 0 Å². The summed E-state index contributed by atoms with van der Waals surface area (Å²) in [5.41, 5.74) is 0. The number of carbonyl (C=O) groups is 1. The molecule has 0 aromatic heterocycles. The number of carboxylic acids is 1. The van der Waals surface area contributed by atoms with Crippen molar-refractivity contribution in [2.45, 2.75) is 86.0 Å². The van der Waals surface area contributed by atoms with Gasteiger partial charge in [-0.1, -0.05) is 0 Å². The molecule has 0 spiro atoms. The Labute approximate surface area is 154 Å². The summed E-state index contributed by atoms with van der Waals surface area (Å²) >= 11 is 2.52. The van der Waals surface area contributed by atoms with E-state index in [4.69, 9.17) is 5.11 Å². The van der Waals surface area contributed by atoms with Gasteiger partial charge in [0.2, 0.25) is 0 Å². The van der Waals surface area contributed by atoms with Gasteiger partial charge in [-0.3, -0.25) is 0 Å². The van der Waals surface area contributed by atoms with Crippen molar-refractivity contribution >= 4 is 49.5 Å². The Morgan fingerprint density at radius 2 is 1.38 bits per heavy atom. The van der Waals surface area contributed by atoms with Crippen molar-refractivity contribution in [3.63, 3.8) is 0 Å². The van der Waals surface area contributed by atoms with Crippen molar-refractivity contribution in [2.75, 3.05) is 0 Å². The third kappa shape index (κ3) is 20.7. The van der Waals surface area contributed by atoms with Crippen LogP contribution in [0, 0.1) is 0 Å². The van der Waals surface area contributed by atoms with Gasteiger partial charge in [0.25, 0.3) is 0 Å². The Balaban J connectivity index is 2.98. The zero-order valence-electron chi connectivity index (χ0n) is 13.2. The van der Waals surface area contributed by atoms with Crippen molar-refractivity contribution in [2.24, 2.45) is 0 Å². The van der Waals surface area contributed by atoms with Crippen LogP contribution in [-0.2, 0) is 4.79 Å². The molecule has 0 radical (unpaired) electrons. The molecule has 0 aromatic rings. The van der Waals surface area contributed by atoms with Crippen molar-refractivity contribution < 1.29 is 9.90 Å². The number of halogens is 1. The van der Waals surface area contributed by atoms with Crippen molar-refractivity contribution in [3.05, 3.63) is 10.2 Å². The fourth-order valence-electron chi connectivity index (χ4n) is 2.17. The fourth-order valence-corrected chi connectivity index (χ4v) is 5.44. The first-order valence-electron chi connectivity index (χ1n) is 8.32. The number of allylic oxidation sites excluding steroid dienone is 1. The van der Waals surface area contributed by atoms with Crippen LogP contribution in [0.5, 0.6) is 0 Å². The molecule has 0 saturated heterocycles. The van der Waals surface area contributed by atoms with Crippen LogP contribution >= 0.6 is 22.6 Å². The van der Waals surface area contributed by atoms with E-state index in [9.17, 15) is 4.79 Å². The molecule has 0 unspecified atom stereocenters. The molecule has 0 aromatic carbocycles. The minimum absolute atomic E-state index is 0.230. The number of hydrogen-bond acceptors (Lipinski definition) is 1. The molecular weight excluding hydrogens is 491 g/mol. The van der Waals surface area contributed by atoms with E-state index < -0.39 is 5.97 Å². The quantitative estimate of drug-likeness (QED) is 0.148. The number of unbranched alkanes of at least 4 members (excludes halogenated alkanes) is 9. The number of rotatable bonds is 16. The van der Waals surface area contributed by atoms with Gasteiger partial charge in [-0.25, -0.2) is 0 Å². The molecule has 0 rings (SSSR count). The first kappa shape index (κ1) is 21.7. The summed E-state index contributed by atoms with van der Waals surface area (Å²) in [6, 6.07) is 0. The SMILES string of the molecule is O=C(O)CCCCC[Te]CCCCCCCCC/C=C/I. The standard InChI is InChI=1S/C17H31IO2Te/c18-14-10-6-4-2-1-3-5-7-11-15-21-16-12-8-9-13-17(19)20/h10,14H,1-9,11-13,15-16H2,(H,19,20)/b14-10+. The second kappa shape index (κ2) is 18.8. The molecule has 1 N–H and O–H groups in total. The van der Waals surface area contributed by atoms with Gasteiger partial charge in [-0.2, -0.15) is 0 Å². The van der Waals surface area contributed by atoms with Gasteiger partial charge in [-0.15, -0.1) is 0 Å².